The Labute approximate surface area is 195 Å². The maximum absolute atomic E-state index is 13.1. The van der Waals surface area contributed by atoms with Crippen LogP contribution in [0.1, 0.15) is 30.6 Å². The molecule has 0 radical (unpaired) electrons. The Kier molecular flexibility index (Phi) is 5.70. The minimum absolute atomic E-state index is 0.0977. The number of benzene rings is 1. The van der Waals surface area contributed by atoms with E-state index < -0.39 is 6.10 Å². The van der Waals surface area contributed by atoms with Gasteiger partial charge in [0.25, 0.3) is 11.8 Å². The Morgan fingerprint density at radius 2 is 2.21 bits per heavy atom. The van der Waals surface area contributed by atoms with Crippen molar-refractivity contribution < 1.29 is 28.9 Å². The molecule has 3 N–H and O–H groups in total. The fourth-order valence-electron chi connectivity index (χ4n) is 4.36. The van der Waals surface area contributed by atoms with Crippen LogP contribution < -0.4 is 19.5 Å². The van der Waals surface area contributed by atoms with Gasteiger partial charge < -0.3 is 34.5 Å². The van der Waals surface area contributed by atoms with E-state index in [1.165, 1.54) is 13.3 Å². The number of rotatable bonds is 6. The van der Waals surface area contributed by atoms with Crippen LogP contribution in [0.5, 0.6) is 17.2 Å². The van der Waals surface area contributed by atoms with Crippen LogP contribution in [0.4, 0.5) is 0 Å². The average molecular weight is 467 g/mol. The number of aliphatic hydroxyl groups is 1. The number of carbonyl (C=O) groups excluding carboxylic acids is 2. The Hall–Kier alpha value is -3.86. The van der Waals surface area contributed by atoms with Crippen molar-refractivity contribution >= 4 is 22.8 Å². The molecule has 1 aromatic carbocycles. The van der Waals surface area contributed by atoms with Crippen molar-refractivity contribution in [1.82, 2.24) is 25.2 Å². The number of ether oxygens (including phenoxy) is 3. The smallest absolute Gasteiger partial charge is 0.255 e. The van der Waals surface area contributed by atoms with Gasteiger partial charge in [0.2, 0.25) is 6.79 Å². The van der Waals surface area contributed by atoms with E-state index in [0.29, 0.717) is 71.2 Å². The first-order valence-electron chi connectivity index (χ1n) is 11.1. The molecule has 34 heavy (non-hydrogen) atoms. The topological polar surface area (TPSA) is 139 Å². The second kappa shape index (κ2) is 8.82. The monoisotopic (exact) mass is 467 g/mol. The fraction of sp³-hybridized carbons (Fsp3) is 0.391. The second-order valence-electron chi connectivity index (χ2n) is 8.17. The lowest BCUT2D eigenvalue weighted by molar-refractivity contribution is -0.138. The molecular weight excluding hydrogens is 442 g/mol. The number of H-pyrrole nitrogens is 1. The number of nitrogens with one attached hydrogen (secondary N) is 2. The summed E-state index contributed by atoms with van der Waals surface area (Å²) in [5.41, 5.74) is 2.54. The molecule has 5 rings (SSSR count). The number of amides is 2. The van der Waals surface area contributed by atoms with Gasteiger partial charge in [-0.1, -0.05) is 0 Å². The predicted octanol–water partition coefficient (Wildman–Crippen LogP) is 1.46. The van der Waals surface area contributed by atoms with Crippen molar-refractivity contribution in [2.45, 2.75) is 32.4 Å². The van der Waals surface area contributed by atoms with E-state index in [-0.39, 0.29) is 24.6 Å². The normalized spacial score (nSPS) is 17.7. The van der Waals surface area contributed by atoms with E-state index in [1.807, 2.05) is 6.92 Å². The predicted molar refractivity (Wildman–Crippen MR) is 121 cm³/mol. The van der Waals surface area contributed by atoms with Gasteiger partial charge in [-0.3, -0.25) is 9.59 Å². The van der Waals surface area contributed by atoms with Crippen LogP contribution in [0, 0.1) is 0 Å². The molecular formula is C23H25N5O6. The Morgan fingerprint density at radius 1 is 1.35 bits per heavy atom. The van der Waals surface area contributed by atoms with Crippen molar-refractivity contribution in [3.63, 3.8) is 0 Å². The Balaban J connectivity index is 1.45. The number of carbonyl (C=O) groups is 2. The van der Waals surface area contributed by atoms with Gasteiger partial charge in [0.15, 0.2) is 11.5 Å². The summed E-state index contributed by atoms with van der Waals surface area (Å²) in [4.78, 5) is 38.6. The van der Waals surface area contributed by atoms with Crippen molar-refractivity contribution in [3.8, 4) is 28.5 Å². The zero-order valence-electron chi connectivity index (χ0n) is 18.8. The van der Waals surface area contributed by atoms with Crippen LogP contribution in [-0.4, -0.2) is 75.4 Å². The molecule has 0 saturated carbocycles. The first-order valence-corrected chi connectivity index (χ1v) is 11.1. The average Bonchev–Trinajstić information content (AvgIpc) is 3.57. The van der Waals surface area contributed by atoms with Crippen LogP contribution in [0.3, 0.4) is 0 Å². The quantitative estimate of drug-likeness (QED) is 0.495. The molecule has 0 spiro atoms. The third-order valence-corrected chi connectivity index (χ3v) is 5.94. The lowest BCUT2D eigenvalue weighted by Gasteiger charge is -2.18. The summed E-state index contributed by atoms with van der Waals surface area (Å²) in [5, 5.41) is 12.5. The second-order valence-corrected chi connectivity index (χ2v) is 8.17. The van der Waals surface area contributed by atoms with Crippen LogP contribution in [0.25, 0.3) is 22.3 Å². The fourth-order valence-corrected chi connectivity index (χ4v) is 4.36. The SMILES string of the molecule is CCOc1ccc2c(c1-c1ncnc3c(C(=O)N[C@@H]4CCN(C(=O)[C@H](C)O)C4)c[nH]c13)OCO2. The summed E-state index contributed by atoms with van der Waals surface area (Å²) in [7, 11) is 0. The van der Waals surface area contributed by atoms with Crippen molar-refractivity contribution in [1.29, 1.82) is 0 Å². The molecule has 0 unspecified atom stereocenters. The first kappa shape index (κ1) is 22.0. The molecule has 4 heterocycles. The number of hydrogen-bond donors (Lipinski definition) is 3. The highest BCUT2D eigenvalue weighted by Gasteiger charge is 2.31. The molecule has 3 aromatic rings. The number of aromatic amines is 1. The van der Waals surface area contributed by atoms with E-state index in [4.69, 9.17) is 14.2 Å². The van der Waals surface area contributed by atoms with Crippen LogP contribution in [-0.2, 0) is 4.79 Å². The van der Waals surface area contributed by atoms with Gasteiger partial charge in [-0.25, -0.2) is 9.97 Å². The zero-order chi connectivity index (χ0) is 23.8. The lowest BCUT2D eigenvalue weighted by atomic mass is 10.1. The molecule has 1 fully saturated rings. The molecule has 2 aliphatic rings. The molecule has 2 atom stereocenters. The summed E-state index contributed by atoms with van der Waals surface area (Å²) in [6, 6.07) is 3.38. The Morgan fingerprint density at radius 3 is 3.00 bits per heavy atom. The number of likely N-dealkylation sites (tertiary alicyclic amines) is 1. The highest BCUT2D eigenvalue weighted by molar-refractivity contribution is 6.08. The minimum atomic E-state index is -1.06. The van der Waals surface area contributed by atoms with Gasteiger partial charge in [-0.2, -0.15) is 0 Å². The van der Waals surface area contributed by atoms with Crippen molar-refractivity contribution in [3.05, 3.63) is 30.2 Å². The van der Waals surface area contributed by atoms with Crippen molar-refractivity contribution in [2.24, 2.45) is 0 Å². The largest absolute Gasteiger partial charge is 0.493 e. The number of aromatic nitrogens is 3. The number of fused-ring (bicyclic) bond motifs is 2. The van der Waals surface area contributed by atoms with Gasteiger partial charge in [0.05, 0.1) is 23.3 Å². The van der Waals surface area contributed by atoms with Gasteiger partial charge >= 0.3 is 0 Å². The van der Waals surface area contributed by atoms with E-state index in [1.54, 1.807) is 23.2 Å². The molecule has 0 bridgehead atoms. The van der Waals surface area contributed by atoms with Crippen molar-refractivity contribution in [2.75, 3.05) is 26.5 Å². The Bertz CT molecular complexity index is 1260. The molecule has 11 heteroatoms. The summed E-state index contributed by atoms with van der Waals surface area (Å²) in [6.45, 7) is 4.71. The molecule has 11 nitrogen and oxygen atoms in total. The van der Waals surface area contributed by atoms with Gasteiger partial charge in [-0.05, 0) is 32.4 Å². The van der Waals surface area contributed by atoms with Gasteiger partial charge in [0, 0.05) is 25.3 Å². The van der Waals surface area contributed by atoms with Crippen LogP contribution >= 0.6 is 0 Å². The number of nitrogens with zero attached hydrogens (tertiary/aromatic N) is 3. The molecule has 2 aliphatic heterocycles. The zero-order valence-corrected chi connectivity index (χ0v) is 18.8. The molecule has 2 amide bonds. The first-order chi connectivity index (χ1) is 16.5. The third kappa shape index (κ3) is 3.77. The summed E-state index contributed by atoms with van der Waals surface area (Å²) < 4.78 is 17.0. The maximum atomic E-state index is 13.1. The van der Waals surface area contributed by atoms with Gasteiger partial charge in [0.1, 0.15) is 29.4 Å². The molecule has 178 valence electrons. The standard InChI is InChI=1S/C23H25N5O6/c1-3-32-15-4-5-16-21(34-11-33-16)17(15)19-20-18(25-10-26-19)14(8-24-20)22(30)27-13-6-7-28(9-13)23(31)12(2)29/h4-5,8,10,12-13,24,29H,3,6-7,9,11H2,1-2H3,(H,27,30)/t12-,13+/m0/s1. The molecule has 1 saturated heterocycles. The summed E-state index contributed by atoms with van der Waals surface area (Å²) >= 11 is 0. The third-order valence-electron chi connectivity index (χ3n) is 5.94. The van der Waals surface area contributed by atoms with E-state index >= 15 is 0 Å². The number of hydrogen-bond acceptors (Lipinski definition) is 8. The maximum Gasteiger partial charge on any atom is 0.255 e. The number of aliphatic hydroxyl groups excluding tert-OH is 1. The van der Waals surface area contributed by atoms with Crippen LogP contribution in [0.15, 0.2) is 24.7 Å². The van der Waals surface area contributed by atoms with E-state index in [0.717, 1.165) is 0 Å². The summed E-state index contributed by atoms with van der Waals surface area (Å²) in [5.74, 6) is 1.05. The van der Waals surface area contributed by atoms with Gasteiger partial charge in [-0.15, -0.1) is 0 Å². The van der Waals surface area contributed by atoms with Crippen LogP contribution in [0.2, 0.25) is 0 Å². The lowest BCUT2D eigenvalue weighted by Crippen LogP contribution is -2.40. The summed E-state index contributed by atoms with van der Waals surface area (Å²) in [6.07, 6.45) is 2.53. The van der Waals surface area contributed by atoms with E-state index in [9.17, 15) is 14.7 Å². The molecule has 2 aromatic heterocycles. The van der Waals surface area contributed by atoms with E-state index in [2.05, 4.69) is 20.3 Å². The highest BCUT2D eigenvalue weighted by atomic mass is 16.7. The molecule has 0 aliphatic carbocycles. The minimum Gasteiger partial charge on any atom is -0.493 e. The highest BCUT2D eigenvalue weighted by Crippen LogP contribution is 2.47.